The molecular formula is C26H42O. The Morgan fingerprint density at radius 3 is 2.48 bits per heavy atom. The van der Waals surface area contributed by atoms with Gasteiger partial charge in [-0.1, -0.05) is 51.8 Å². The SMILES string of the molecule is CC.CCOC1=CC2=C(CC)CC3C4CC=C(C)C4(C)CCC3C2(C)CC1. The van der Waals surface area contributed by atoms with Gasteiger partial charge < -0.3 is 4.74 Å². The summed E-state index contributed by atoms with van der Waals surface area (Å²) in [4.78, 5) is 0. The van der Waals surface area contributed by atoms with E-state index in [-0.39, 0.29) is 0 Å². The van der Waals surface area contributed by atoms with Gasteiger partial charge in [-0.3, -0.25) is 0 Å². The standard InChI is InChI=1S/C24H36O.C2H6/c1-6-17-14-19-20-9-8-16(3)23(20,4)13-11-21(19)24(5)12-10-18(25-7-2)15-22(17)24;1-2/h8,15,19-21H,6-7,9-14H2,1-5H3;1-2H3. The predicted octanol–water partition coefficient (Wildman–Crippen LogP) is 7.84. The molecule has 0 aromatic carbocycles. The monoisotopic (exact) mass is 370 g/mol. The molecule has 0 N–H and O–H groups in total. The first kappa shape index (κ1) is 20.7. The summed E-state index contributed by atoms with van der Waals surface area (Å²) in [5, 5.41) is 0. The van der Waals surface area contributed by atoms with Crippen LogP contribution in [0.1, 0.15) is 93.4 Å². The molecule has 4 rings (SSSR count). The van der Waals surface area contributed by atoms with E-state index >= 15 is 0 Å². The minimum Gasteiger partial charge on any atom is -0.498 e. The Morgan fingerprint density at radius 1 is 1.07 bits per heavy atom. The zero-order chi connectivity index (χ0) is 19.8. The zero-order valence-electron chi connectivity index (χ0n) is 19.0. The molecule has 1 nitrogen and oxygen atoms in total. The lowest BCUT2D eigenvalue weighted by Crippen LogP contribution is -2.49. The van der Waals surface area contributed by atoms with Crippen LogP contribution in [0.15, 0.2) is 34.6 Å². The highest BCUT2D eigenvalue weighted by Gasteiger charge is 2.56. The molecule has 0 spiro atoms. The van der Waals surface area contributed by atoms with Gasteiger partial charge in [-0.05, 0) is 92.6 Å². The van der Waals surface area contributed by atoms with Crippen molar-refractivity contribution in [3.8, 4) is 0 Å². The van der Waals surface area contributed by atoms with Crippen molar-refractivity contribution in [3.05, 3.63) is 34.6 Å². The van der Waals surface area contributed by atoms with Crippen molar-refractivity contribution in [3.63, 3.8) is 0 Å². The molecule has 0 aromatic rings. The fourth-order valence-electron chi connectivity index (χ4n) is 6.98. The van der Waals surface area contributed by atoms with Gasteiger partial charge in [0.2, 0.25) is 0 Å². The summed E-state index contributed by atoms with van der Waals surface area (Å²) in [5.74, 6) is 3.87. The zero-order valence-corrected chi connectivity index (χ0v) is 19.0. The van der Waals surface area contributed by atoms with Crippen molar-refractivity contribution in [1.29, 1.82) is 0 Å². The molecule has 0 bridgehead atoms. The fraction of sp³-hybridized carbons (Fsp3) is 0.769. The van der Waals surface area contributed by atoms with Crippen molar-refractivity contribution in [2.45, 2.75) is 93.4 Å². The molecule has 0 saturated heterocycles. The minimum absolute atomic E-state index is 0.382. The molecule has 152 valence electrons. The van der Waals surface area contributed by atoms with E-state index in [1.54, 1.807) is 16.7 Å². The second kappa shape index (κ2) is 7.80. The highest BCUT2D eigenvalue weighted by molar-refractivity contribution is 5.41. The molecule has 4 aliphatic carbocycles. The first-order valence-electron chi connectivity index (χ1n) is 11.7. The highest BCUT2D eigenvalue weighted by atomic mass is 16.5. The molecule has 0 radical (unpaired) electrons. The van der Waals surface area contributed by atoms with Gasteiger partial charge in [-0.15, -0.1) is 0 Å². The van der Waals surface area contributed by atoms with Gasteiger partial charge in [0.15, 0.2) is 0 Å². The van der Waals surface area contributed by atoms with Crippen molar-refractivity contribution >= 4 is 0 Å². The van der Waals surface area contributed by atoms with Crippen molar-refractivity contribution in [2.24, 2.45) is 28.6 Å². The second-order valence-electron chi connectivity index (χ2n) is 9.49. The summed E-state index contributed by atoms with van der Waals surface area (Å²) >= 11 is 0. The van der Waals surface area contributed by atoms with Crippen LogP contribution in [-0.2, 0) is 4.74 Å². The average Bonchev–Trinajstić information content (AvgIpc) is 2.98. The maximum absolute atomic E-state index is 5.92. The first-order chi connectivity index (χ1) is 12.9. The Morgan fingerprint density at radius 2 is 1.81 bits per heavy atom. The molecule has 0 heterocycles. The topological polar surface area (TPSA) is 9.23 Å². The van der Waals surface area contributed by atoms with Crippen LogP contribution in [0.5, 0.6) is 0 Å². The van der Waals surface area contributed by atoms with E-state index in [2.05, 4.69) is 46.8 Å². The van der Waals surface area contributed by atoms with Crippen molar-refractivity contribution < 1.29 is 4.74 Å². The highest BCUT2D eigenvalue weighted by Crippen LogP contribution is 2.65. The lowest BCUT2D eigenvalue weighted by atomic mass is 9.47. The number of rotatable bonds is 3. The Hall–Kier alpha value is -0.980. The Kier molecular flexibility index (Phi) is 5.99. The van der Waals surface area contributed by atoms with E-state index in [1.165, 1.54) is 44.3 Å². The van der Waals surface area contributed by atoms with E-state index in [0.717, 1.165) is 30.8 Å². The van der Waals surface area contributed by atoms with Crippen LogP contribution in [0.2, 0.25) is 0 Å². The Labute approximate surface area is 168 Å². The van der Waals surface area contributed by atoms with Crippen molar-refractivity contribution in [1.82, 2.24) is 0 Å². The molecule has 0 aromatic heterocycles. The Balaban J connectivity index is 0.00000102. The van der Waals surface area contributed by atoms with Gasteiger partial charge in [-0.25, -0.2) is 0 Å². The van der Waals surface area contributed by atoms with Crippen molar-refractivity contribution in [2.75, 3.05) is 6.61 Å². The maximum Gasteiger partial charge on any atom is 0.0962 e. The lowest BCUT2D eigenvalue weighted by Gasteiger charge is -2.57. The van der Waals surface area contributed by atoms with E-state index < -0.39 is 0 Å². The number of ether oxygens (including phenoxy) is 1. The summed E-state index contributed by atoms with van der Waals surface area (Å²) < 4.78 is 5.92. The lowest BCUT2D eigenvalue weighted by molar-refractivity contribution is -0.0154. The third-order valence-corrected chi connectivity index (χ3v) is 8.65. The Bertz CT molecular complexity index is 651. The number of hydrogen-bond acceptors (Lipinski definition) is 1. The van der Waals surface area contributed by atoms with Crippen LogP contribution in [0.4, 0.5) is 0 Å². The molecular weight excluding hydrogens is 328 g/mol. The smallest absolute Gasteiger partial charge is 0.0962 e. The van der Waals surface area contributed by atoms with Gasteiger partial charge >= 0.3 is 0 Å². The van der Waals surface area contributed by atoms with Gasteiger partial charge in [0.25, 0.3) is 0 Å². The van der Waals surface area contributed by atoms with Gasteiger partial charge in [0, 0.05) is 6.42 Å². The van der Waals surface area contributed by atoms with Gasteiger partial charge in [0.1, 0.15) is 0 Å². The number of allylic oxidation sites excluding steroid dienone is 6. The largest absolute Gasteiger partial charge is 0.498 e. The summed E-state index contributed by atoms with van der Waals surface area (Å²) in [5.41, 5.74) is 5.93. The second-order valence-corrected chi connectivity index (χ2v) is 9.49. The van der Waals surface area contributed by atoms with E-state index in [4.69, 9.17) is 4.74 Å². The van der Waals surface area contributed by atoms with Gasteiger partial charge in [-0.2, -0.15) is 0 Å². The van der Waals surface area contributed by atoms with Crippen LogP contribution >= 0.6 is 0 Å². The first-order valence-corrected chi connectivity index (χ1v) is 11.7. The molecule has 4 aliphatic rings. The minimum atomic E-state index is 0.382. The van der Waals surface area contributed by atoms with Crippen LogP contribution in [-0.4, -0.2) is 6.61 Å². The van der Waals surface area contributed by atoms with Crippen LogP contribution in [0, 0.1) is 28.6 Å². The molecule has 0 amide bonds. The van der Waals surface area contributed by atoms with Gasteiger partial charge in [0.05, 0.1) is 12.4 Å². The molecule has 27 heavy (non-hydrogen) atoms. The molecule has 1 saturated carbocycles. The molecule has 1 fully saturated rings. The molecule has 1 heteroatoms. The van der Waals surface area contributed by atoms with Crippen LogP contribution in [0.3, 0.4) is 0 Å². The van der Waals surface area contributed by atoms with Crippen LogP contribution < -0.4 is 0 Å². The third-order valence-electron chi connectivity index (χ3n) is 8.65. The normalized spacial score (nSPS) is 40.0. The van der Waals surface area contributed by atoms with Crippen LogP contribution in [0.25, 0.3) is 0 Å². The third kappa shape index (κ3) is 3.14. The summed E-state index contributed by atoms with van der Waals surface area (Å²) in [6.07, 6.45) is 14.1. The number of fused-ring (bicyclic) bond motifs is 5. The molecule has 5 atom stereocenters. The van der Waals surface area contributed by atoms with E-state index in [9.17, 15) is 0 Å². The summed E-state index contributed by atoms with van der Waals surface area (Å²) in [6.45, 7) is 16.8. The maximum atomic E-state index is 5.92. The van der Waals surface area contributed by atoms with E-state index in [1.807, 2.05) is 13.8 Å². The average molecular weight is 371 g/mol. The fourth-order valence-corrected chi connectivity index (χ4v) is 6.98. The predicted molar refractivity (Wildman–Crippen MR) is 117 cm³/mol. The molecule has 0 aliphatic heterocycles. The quantitative estimate of drug-likeness (QED) is 0.460. The summed E-state index contributed by atoms with van der Waals surface area (Å²) in [6, 6.07) is 0. The molecule has 5 unspecified atom stereocenters. The van der Waals surface area contributed by atoms with E-state index in [0.29, 0.717) is 10.8 Å². The number of hydrogen-bond donors (Lipinski definition) is 0. The summed E-state index contributed by atoms with van der Waals surface area (Å²) in [7, 11) is 0.